The average Bonchev–Trinajstić information content (AvgIpc) is 3.42. The van der Waals surface area contributed by atoms with Gasteiger partial charge in [0.1, 0.15) is 36.1 Å². The fraction of sp³-hybridized carbons (Fsp3) is 0.667. The standard InChI is InChI=1S/C18H26ClN4O7P/c1-22(10-4-2-3-5-10)15-11-6-7-23(16(11)21-18(19)20-15)17-14(25)13(24)12(30-17)8-29-9-31(26,27)28/h6-7,10,12-14,17,24-25H,2-5,8-9H2,1H3,(H2,26,27,28)/t12-,13-,14-,17-/m1/s1. The molecule has 4 atom stereocenters. The van der Waals surface area contributed by atoms with Crippen molar-refractivity contribution in [3.63, 3.8) is 0 Å². The van der Waals surface area contributed by atoms with Crippen LogP contribution in [0, 0.1) is 0 Å². The molecule has 1 saturated carbocycles. The molecule has 0 aromatic carbocycles. The predicted molar refractivity (Wildman–Crippen MR) is 112 cm³/mol. The lowest BCUT2D eigenvalue weighted by Crippen LogP contribution is -2.34. The van der Waals surface area contributed by atoms with E-state index in [0.29, 0.717) is 17.5 Å². The molecule has 3 heterocycles. The summed E-state index contributed by atoms with van der Waals surface area (Å²) in [6.45, 7) is -0.287. The highest BCUT2D eigenvalue weighted by Crippen LogP contribution is 2.37. The number of fused-ring (bicyclic) bond motifs is 1. The van der Waals surface area contributed by atoms with Crippen molar-refractivity contribution in [2.24, 2.45) is 0 Å². The van der Waals surface area contributed by atoms with Crippen molar-refractivity contribution in [1.82, 2.24) is 14.5 Å². The molecule has 1 aliphatic carbocycles. The Morgan fingerprint density at radius 2 is 2.00 bits per heavy atom. The van der Waals surface area contributed by atoms with Gasteiger partial charge in [0.15, 0.2) is 6.23 Å². The van der Waals surface area contributed by atoms with Crippen LogP contribution in [0.15, 0.2) is 12.3 Å². The minimum Gasteiger partial charge on any atom is -0.387 e. The van der Waals surface area contributed by atoms with Crippen molar-refractivity contribution in [2.75, 3.05) is 24.9 Å². The normalized spacial score (nSPS) is 27.4. The number of aliphatic hydroxyl groups is 2. The van der Waals surface area contributed by atoms with Crippen LogP contribution in [0.25, 0.3) is 11.0 Å². The van der Waals surface area contributed by atoms with E-state index in [1.807, 2.05) is 13.1 Å². The van der Waals surface area contributed by atoms with Gasteiger partial charge in [-0.25, -0.2) is 0 Å². The van der Waals surface area contributed by atoms with Crippen molar-refractivity contribution in [3.05, 3.63) is 17.5 Å². The molecule has 0 bridgehead atoms. The molecule has 4 rings (SSSR count). The third-order valence-corrected chi connectivity index (χ3v) is 6.57. The number of aliphatic hydroxyl groups excluding tert-OH is 2. The molecule has 0 amide bonds. The number of aromatic nitrogens is 3. The van der Waals surface area contributed by atoms with Crippen molar-refractivity contribution in [3.8, 4) is 0 Å². The number of rotatable bonds is 7. The van der Waals surface area contributed by atoms with E-state index in [9.17, 15) is 14.8 Å². The summed E-state index contributed by atoms with van der Waals surface area (Å²) >= 11 is 6.21. The molecule has 2 fully saturated rings. The third-order valence-electron chi connectivity index (χ3n) is 5.88. The van der Waals surface area contributed by atoms with E-state index < -0.39 is 38.5 Å². The summed E-state index contributed by atoms with van der Waals surface area (Å²) in [6.07, 6.45) is 0.816. The smallest absolute Gasteiger partial charge is 0.350 e. The van der Waals surface area contributed by atoms with Gasteiger partial charge in [-0.05, 0) is 30.5 Å². The molecular formula is C18H26ClN4O7P. The van der Waals surface area contributed by atoms with Crippen LogP contribution in [-0.4, -0.2) is 78.9 Å². The minimum atomic E-state index is -4.35. The van der Waals surface area contributed by atoms with Crippen molar-refractivity contribution >= 4 is 36.0 Å². The predicted octanol–water partition coefficient (Wildman–Crippen LogP) is 1.23. The summed E-state index contributed by atoms with van der Waals surface area (Å²) in [5, 5.41) is 21.7. The molecule has 172 valence electrons. The number of halogens is 1. The van der Waals surface area contributed by atoms with Crippen LogP contribution in [-0.2, 0) is 14.0 Å². The highest BCUT2D eigenvalue weighted by atomic mass is 35.5. The monoisotopic (exact) mass is 476 g/mol. The van der Waals surface area contributed by atoms with E-state index in [4.69, 9.17) is 30.9 Å². The van der Waals surface area contributed by atoms with Gasteiger partial charge >= 0.3 is 7.60 Å². The molecule has 2 aromatic heterocycles. The zero-order valence-electron chi connectivity index (χ0n) is 16.9. The fourth-order valence-electron chi connectivity index (χ4n) is 4.31. The average molecular weight is 477 g/mol. The van der Waals surface area contributed by atoms with Crippen LogP contribution < -0.4 is 4.90 Å². The molecule has 1 saturated heterocycles. The van der Waals surface area contributed by atoms with Crippen molar-refractivity contribution < 1.29 is 34.0 Å². The van der Waals surface area contributed by atoms with Crippen LogP contribution in [0.2, 0.25) is 5.28 Å². The Balaban J connectivity index is 1.59. The summed E-state index contributed by atoms with van der Waals surface area (Å²) < 4.78 is 23.2. The van der Waals surface area contributed by atoms with Crippen molar-refractivity contribution in [1.29, 1.82) is 0 Å². The molecule has 2 aromatic rings. The van der Waals surface area contributed by atoms with Crippen LogP contribution in [0.3, 0.4) is 0 Å². The van der Waals surface area contributed by atoms with Crippen molar-refractivity contribution in [2.45, 2.75) is 56.3 Å². The van der Waals surface area contributed by atoms with Gasteiger partial charge < -0.3 is 38.9 Å². The first-order valence-corrected chi connectivity index (χ1v) is 12.2. The molecule has 13 heteroatoms. The highest BCUT2D eigenvalue weighted by Gasteiger charge is 2.44. The van der Waals surface area contributed by atoms with E-state index >= 15 is 0 Å². The summed E-state index contributed by atoms with van der Waals surface area (Å²) in [5.41, 5.74) is 0.452. The Labute approximate surface area is 183 Å². The highest BCUT2D eigenvalue weighted by molar-refractivity contribution is 7.51. The van der Waals surface area contributed by atoms with Crippen LogP contribution in [0.5, 0.6) is 0 Å². The summed E-state index contributed by atoms with van der Waals surface area (Å²) in [4.78, 5) is 28.6. The largest absolute Gasteiger partial charge is 0.387 e. The Morgan fingerprint density at radius 1 is 1.29 bits per heavy atom. The second-order valence-corrected chi connectivity index (χ2v) is 9.96. The van der Waals surface area contributed by atoms with E-state index in [0.717, 1.165) is 18.2 Å². The first-order chi connectivity index (χ1) is 14.7. The van der Waals surface area contributed by atoms with Gasteiger partial charge in [0.2, 0.25) is 5.28 Å². The van der Waals surface area contributed by atoms with Gasteiger partial charge in [-0.3, -0.25) is 4.57 Å². The lowest BCUT2D eigenvalue weighted by Gasteiger charge is -2.26. The fourth-order valence-corrected chi connectivity index (χ4v) is 4.82. The zero-order chi connectivity index (χ0) is 22.3. The quantitative estimate of drug-likeness (QED) is 0.339. The molecular weight excluding hydrogens is 451 g/mol. The number of hydrogen-bond acceptors (Lipinski definition) is 8. The first kappa shape index (κ1) is 22.9. The second-order valence-electron chi connectivity index (χ2n) is 8.04. The van der Waals surface area contributed by atoms with Gasteiger partial charge in [0.25, 0.3) is 0 Å². The lowest BCUT2D eigenvalue weighted by atomic mass is 10.1. The van der Waals surface area contributed by atoms with E-state index in [2.05, 4.69) is 14.9 Å². The number of ether oxygens (including phenoxy) is 2. The van der Waals surface area contributed by atoms with Gasteiger partial charge in [0.05, 0.1) is 12.0 Å². The van der Waals surface area contributed by atoms with E-state index in [1.54, 1.807) is 10.8 Å². The maximum atomic E-state index is 10.9. The van der Waals surface area contributed by atoms with Gasteiger partial charge in [-0.1, -0.05) is 12.8 Å². The summed E-state index contributed by atoms with van der Waals surface area (Å²) in [5.74, 6) is 0.690. The van der Waals surface area contributed by atoms with Crippen LogP contribution in [0.1, 0.15) is 31.9 Å². The van der Waals surface area contributed by atoms with E-state index in [-0.39, 0.29) is 11.9 Å². The molecule has 0 spiro atoms. The van der Waals surface area contributed by atoms with Crippen LogP contribution in [0.4, 0.5) is 5.82 Å². The Bertz CT molecular complexity index is 979. The molecule has 11 nitrogen and oxygen atoms in total. The lowest BCUT2D eigenvalue weighted by molar-refractivity contribution is -0.0610. The van der Waals surface area contributed by atoms with Gasteiger partial charge in [0, 0.05) is 19.3 Å². The Hall–Kier alpha value is -1.30. The SMILES string of the molecule is CN(c1nc(Cl)nc2c1ccn2[C@@H]1O[C@H](COCP(=O)(O)O)[C@@H](O)[C@H]1O)C1CCCC1. The molecule has 0 radical (unpaired) electrons. The summed E-state index contributed by atoms with van der Waals surface area (Å²) in [6, 6.07) is 2.18. The topological polar surface area (TPSA) is 150 Å². The zero-order valence-corrected chi connectivity index (χ0v) is 18.6. The molecule has 0 unspecified atom stereocenters. The molecule has 4 N–H and O–H groups in total. The first-order valence-electron chi connectivity index (χ1n) is 10.1. The molecule has 2 aliphatic rings. The number of hydrogen-bond donors (Lipinski definition) is 4. The third kappa shape index (κ3) is 4.74. The van der Waals surface area contributed by atoms with Gasteiger partial charge in [-0.2, -0.15) is 9.97 Å². The maximum Gasteiger partial charge on any atom is 0.350 e. The molecule has 1 aliphatic heterocycles. The Morgan fingerprint density at radius 3 is 2.68 bits per heavy atom. The van der Waals surface area contributed by atoms with Gasteiger partial charge in [-0.15, -0.1) is 0 Å². The maximum absolute atomic E-state index is 10.9. The minimum absolute atomic E-state index is 0.0573. The molecule has 31 heavy (non-hydrogen) atoms. The summed E-state index contributed by atoms with van der Waals surface area (Å²) in [7, 11) is -2.37. The Kier molecular flexibility index (Phi) is 6.58. The number of anilines is 1. The van der Waals surface area contributed by atoms with Crippen LogP contribution >= 0.6 is 19.2 Å². The second kappa shape index (κ2) is 8.92. The number of nitrogens with zero attached hydrogens (tertiary/aromatic N) is 4. The van der Waals surface area contributed by atoms with E-state index in [1.165, 1.54) is 12.8 Å².